The zero-order valence-electron chi connectivity index (χ0n) is 13.6. The molecule has 0 unspecified atom stereocenters. The van der Waals surface area contributed by atoms with Gasteiger partial charge in [-0.05, 0) is 19.5 Å². The molecule has 0 aliphatic carbocycles. The minimum atomic E-state index is 0.969. The molecule has 0 aliphatic rings. The van der Waals surface area contributed by atoms with Crippen LogP contribution in [0.5, 0.6) is 0 Å². The molecule has 0 saturated carbocycles. The third kappa shape index (κ3) is 3.69. The van der Waals surface area contributed by atoms with Gasteiger partial charge in [0.15, 0.2) is 0 Å². The summed E-state index contributed by atoms with van der Waals surface area (Å²) in [6.45, 7) is 5.16. The molecule has 3 nitrogen and oxygen atoms in total. The van der Waals surface area contributed by atoms with Crippen LogP contribution in [0.2, 0.25) is 0 Å². The summed E-state index contributed by atoms with van der Waals surface area (Å²) >= 11 is 0. The van der Waals surface area contributed by atoms with Crippen LogP contribution in [0.25, 0.3) is 22.5 Å². The second-order valence-corrected chi connectivity index (χ2v) is 5.57. The van der Waals surface area contributed by atoms with Crippen LogP contribution >= 0.6 is 0 Å². The first-order valence-corrected chi connectivity index (χ1v) is 8.27. The molecule has 0 saturated heterocycles. The molecule has 0 bridgehead atoms. The number of aromatic nitrogens is 2. The lowest BCUT2D eigenvalue weighted by atomic mass is 10.0. The molecule has 0 spiro atoms. The highest BCUT2D eigenvalue weighted by atomic mass is 15.1. The summed E-state index contributed by atoms with van der Waals surface area (Å²) in [6, 6.07) is 20.9. The molecule has 2 aromatic carbocycles. The van der Waals surface area contributed by atoms with Gasteiger partial charge < -0.3 is 9.88 Å². The first-order valence-electron chi connectivity index (χ1n) is 8.27. The maximum Gasteiger partial charge on any atom is 0.0963 e. The second kappa shape index (κ2) is 7.75. The van der Waals surface area contributed by atoms with Crippen LogP contribution in [0.1, 0.15) is 13.3 Å². The Bertz CT molecular complexity index is 717. The largest absolute Gasteiger partial charge is 0.330 e. The molecule has 3 aromatic rings. The van der Waals surface area contributed by atoms with E-state index in [1.54, 1.807) is 0 Å². The van der Waals surface area contributed by atoms with E-state index < -0.39 is 0 Å². The van der Waals surface area contributed by atoms with Crippen molar-refractivity contribution in [1.29, 1.82) is 0 Å². The summed E-state index contributed by atoms with van der Waals surface area (Å²) < 4.78 is 2.27. The van der Waals surface area contributed by atoms with Crippen molar-refractivity contribution in [3.63, 3.8) is 0 Å². The fourth-order valence-electron chi connectivity index (χ4n) is 2.81. The number of hydrogen-bond donors (Lipinski definition) is 1. The highest BCUT2D eigenvalue weighted by Gasteiger charge is 2.14. The van der Waals surface area contributed by atoms with Crippen molar-refractivity contribution in [2.45, 2.75) is 19.9 Å². The number of nitrogens with zero attached hydrogens (tertiary/aromatic N) is 2. The summed E-state index contributed by atoms with van der Waals surface area (Å²) in [6.07, 6.45) is 3.06. The van der Waals surface area contributed by atoms with Gasteiger partial charge in [-0.15, -0.1) is 0 Å². The van der Waals surface area contributed by atoms with E-state index >= 15 is 0 Å². The Morgan fingerprint density at radius 3 is 2.22 bits per heavy atom. The third-order valence-electron chi connectivity index (χ3n) is 3.93. The van der Waals surface area contributed by atoms with Crippen LogP contribution in [0.3, 0.4) is 0 Å². The van der Waals surface area contributed by atoms with E-state index in [1.807, 2.05) is 12.4 Å². The van der Waals surface area contributed by atoms with Gasteiger partial charge in [-0.1, -0.05) is 67.6 Å². The smallest absolute Gasteiger partial charge is 0.0963 e. The van der Waals surface area contributed by atoms with E-state index in [1.165, 1.54) is 11.3 Å². The van der Waals surface area contributed by atoms with Crippen LogP contribution in [-0.4, -0.2) is 22.6 Å². The number of benzene rings is 2. The first kappa shape index (κ1) is 15.5. The van der Waals surface area contributed by atoms with Gasteiger partial charge in [-0.25, -0.2) is 4.98 Å². The number of aryl methyl sites for hydroxylation is 1. The van der Waals surface area contributed by atoms with Gasteiger partial charge in [-0.3, -0.25) is 0 Å². The van der Waals surface area contributed by atoms with E-state index in [9.17, 15) is 0 Å². The van der Waals surface area contributed by atoms with Gasteiger partial charge >= 0.3 is 0 Å². The maximum atomic E-state index is 4.70. The van der Waals surface area contributed by atoms with Crippen LogP contribution < -0.4 is 5.32 Å². The average molecular weight is 305 g/mol. The lowest BCUT2D eigenvalue weighted by Gasteiger charge is -2.11. The van der Waals surface area contributed by atoms with Crippen molar-refractivity contribution < 1.29 is 0 Å². The lowest BCUT2D eigenvalue weighted by Crippen LogP contribution is -2.16. The summed E-state index contributed by atoms with van der Waals surface area (Å²) in [5.41, 5.74) is 4.64. The Morgan fingerprint density at radius 1 is 0.913 bits per heavy atom. The minimum Gasteiger partial charge on any atom is -0.330 e. The molecule has 1 heterocycles. The Hall–Kier alpha value is -2.39. The van der Waals surface area contributed by atoms with Gasteiger partial charge in [-0.2, -0.15) is 0 Å². The molecule has 3 rings (SSSR count). The van der Waals surface area contributed by atoms with E-state index in [0.29, 0.717) is 0 Å². The number of hydrogen-bond acceptors (Lipinski definition) is 2. The highest BCUT2D eigenvalue weighted by molar-refractivity contribution is 5.78. The van der Waals surface area contributed by atoms with Crippen molar-refractivity contribution in [3.05, 3.63) is 67.0 Å². The molecule has 1 aromatic heterocycles. The summed E-state index contributed by atoms with van der Waals surface area (Å²) in [5, 5.41) is 3.38. The van der Waals surface area contributed by atoms with Crippen molar-refractivity contribution in [2.24, 2.45) is 0 Å². The molecule has 1 N–H and O–H groups in total. The Morgan fingerprint density at radius 2 is 1.57 bits per heavy atom. The minimum absolute atomic E-state index is 0.969. The monoisotopic (exact) mass is 305 g/mol. The van der Waals surface area contributed by atoms with E-state index in [0.717, 1.165) is 37.3 Å². The van der Waals surface area contributed by atoms with Crippen molar-refractivity contribution in [2.75, 3.05) is 13.1 Å². The van der Waals surface area contributed by atoms with E-state index in [2.05, 4.69) is 71.4 Å². The summed E-state index contributed by atoms with van der Waals surface area (Å²) in [4.78, 5) is 4.70. The van der Waals surface area contributed by atoms with Crippen molar-refractivity contribution >= 4 is 0 Å². The van der Waals surface area contributed by atoms with Crippen LogP contribution in [0.15, 0.2) is 67.0 Å². The molecule has 118 valence electrons. The average Bonchev–Trinajstić information content (AvgIpc) is 3.04. The lowest BCUT2D eigenvalue weighted by molar-refractivity contribution is 0.595. The van der Waals surface area contributed by atoms with E-state index in [-0.39, 0.29) is 0 Å². The SMILES string of the molecule is CCNCCCn1cnc(-c2ccccc2)c1-c1ccccc1. The fourth-order valence-corrected chi connectivity index (χ4v) is 2.81. The molecular formula is C20H23N3. The summed E-state index contributed by atoms with van der Waals surface area (Å²) in [7, 11) is 0. The predicted octanol–water partition coefficient (Wildman–Crippen LogP) is 4.22. The topological polar surface area (TPSA) is 29.9 Å². The van der Waals surface area contributed by atoms with Gasteiger partial charge in [0, 0.05) is 17.7 Å². The molecule has 3 heteroatoms. The maximum absolute atomic E-state index is 4.70. The van der Waals surface area contributed by atoms with Crippen LogP contribution in [0.4, 0.5) is 0 Å². The zero-order valence-corrected chi connectivity index (χ0v) is 13.6. The molecule has 0 amide bonds. The van der Waals surface area contributed by atoms with Gasteiger partial charge in [0.25, 0.3) is 0 Å². The molecule has 0 radical (unpaired) electrons. The van der Waals surface area contributed by atoms with Crippen LogP contribution in [-0.2, 0) is 6.54 Å². The molecular weight excluding hydrogens is 282 g/mol. The highest BCUT2D eigenvalue weighted by Crippen LogP contribution is 2.31. The Kier molecular flexibility index (Phi) is 5.22. The predicted molar refractivity (Wildman–Crippen MR) is 96.3 cm³/mol. The first-order chi connectivity index (χ1) is 11.4. The Balaban J connectivity index is 1.96. The van der Waals surface area contributed by atoms with Gasteiger partial charge in [0.1, 0.15) is 0 Å². The third-order valence-corrected chi connectivity index (χ3v) is 3.93. The molecule has 23 heavy (non-hydrogen) atoms. The van der Waals surface area contributed by atoms with Gasteiger partial charge in [0.2, 0.25) is 0 Å². The standard InChI is InChI=1S/C20H23N3/c1-2-21-14-9-15-23-16-22-19(17-10-5-3-6-11-17)20(23)18-12-7-4-8-13-18/h3-8,10-13,16,21H,2,9,14-15H2,1H3. The molecule has 0 fully saturated rings. The number of nitrogens with one attached hydrogen (secondary N) is 1. The molecule has 0 atom stereocenters. The number of rotatable bonds is 7. The molecule has 0 aliphatic heterocycles. The number of imidazole rings is 1. The van der Waals surface area contributed by atoms with Gasteiger partial charge in [0.05, 0.1) is 17.7 Å². The fraction of sp³-hybridized carbons (Fsp3) is 0.250. The van der Waals surface area contributed by atoms with Crippen molar-refractivity contribution in [3.8, 4) is 22.5 Å². The summed E-state index contributed by atoms with van der Waals surface area (Å²) in [5.74, 6) is 0. The normalized spacial score (nSPS) is 10.8. The second-order valence-electron chi connectivity index (χ2n) is 5.57. The quantitative estimate of drug-likeness (QED) is 0.662. The van der Waals surface area contributed by atoms with Crippen LogP contribution in [0, 0.1) is 0 Å². The van der Waals surface area contributed by atoms with E-state index in [4.69, 9.17) is 4.98 Å². The Labute approximate surface area is 138 Å². The van der Waals surface area contributed by atoms with Crippen molar-refractivity contribution in [1.82, 2.24) is 14.9 Å². The zero-order chi connectivity index (χ0) is 15.9.